The van der Waals surface area contributed by atoms with Crippen molar-refractivity contribution in [2.24, 2.45) is 4.99 Å². The second kappa shape index (κ2) is 10.8. The fourth-order valence-electron chi connectivity index (χ4n) is 3.15. The van der Waals surface area contributed by atoms with Crippen LogP contribution in [-0.2, 0) is 20.5 Å². The van der Waals surface area contributed by atoms with Crippen molar-refractivity contribution in [1.29, 1.82) is 0 Å². The van der Waals surface area contributed by atoms with Crippen molar-refractivity contribution in [2.75, 3.05) is 23.0 Å². The number of ether oxygens (including phenoxy) is 1. The highest BCUT2D eigenvalue weighted by Crippen LogP contribution is 2.34. The molecule has 0 fully saturated rings. The maximum absolute atomic E-state index is 12.9. The zero-order chi connectivity index (χ0) is 24.9. The Labute approximate surface area is 199 Å². The first kappa shape index (κ1) is 25.4. The summed E-state index contributed by atoms with van der Waals surface area (Å²) in [5.41, 5.74) is 3.23. The minimum atomic E-state index is -4.50. The Kier molecular flexibility index (Phi) is 8.03. The average molecular weight is 492 g/mol. The number of esters is 1. The summed E-state index contributed by atoms with van der Waals surface area (Å²) in [5.74, 6) is -0.969. The summed E-state index contributed by atoms with van der Waals surface area (Å²) >= 11 is 1.11. The molecule has 0 bridgehead atoms. The number of carbonyl (C=O) groups excluding carboxylic acids is 2. The SMILES string of the molecule is CCOC(=O)CC1=CC(SCC(=O)Nc2cccc(C(F)(F)F)c2)=Nc2cc(C)c(C)cc2N1. The van der Waals surface area contributed by atoms with Crippen LogP contribution in [0.3, 0.4) is 0 Å². The molecule has 0 radical (unpaired) electrons. The summed E-state index contributed by atoms with van der Waals surface area (Å²) in [7, 11) is 0. The van der Waals surface area contributed by atoms with Gasteiger partial charge in [0.25, 0.3) is 0 Å². The molecule has 2 aromatic carbocycles. The van der Waals surface area contributed by atoms with Gasteiger partial charge in [-0.3, -0.25) is 9.59 Å². The number of carbonyl (C=O) groups is 2. The number of nitrogens with zero attached hydrogens (tertiary/aromatic N) is 1. The first-order valence-electron chi connectivity index (χ1n) is 10.5. The summed E-state index contributed by atoms with van der Waals surface area (Å²) in [4.78, 5) is 29.1. The molecule has 10 heteroatoms. The molecule has 180 valence electrons. The smallest absolute Gasteiger partial charge is 0.416 e. The van der Waals surface area contributed by atoms with Crippen LogP contribution in [0.1, 0.15) is 30.0 Å². The van der Waals surface area contributed by atoms with Crippen LogP contribution in [0, 0.1) is 13.8 Å². The van der Waals surface area contributed by atoms with Crippen molar-refractivity contribution < 1.29 is 27.5 Å². The zero-order valence-corrected chi connectivity index (χ0v) is 19.7. The molecule has 0 saturated heterocycles. The molecule has 1 aliphatic heterocycles. The third-order valence-electron chi connectivity index (χ3n) is 4.90. The molecule has 0 atom stereocenters. The Bertz CT molecular complexity index is 1160. The van der Waals surface area contributed by atoms with Gasteiger partial charge in [0.1, 0.15) is 0 Å². The standard InChI is InChI=1S/C24H24F3N3O3S/c1-4-33-23(32)12-18-11-22(30-20-9-15(3)14(2)8-19(20)28-18)34-13-21(31)29-17-7-5-6-16(10-17)24(25,26)27/h5-11,28H,4,12-13H2,1-3H3,(H,29,31). The van der Waals surface area contributed by atoms with Gasteiger partial charge in [0.2, 0.25) is 5.91 Å². The van der Waals surface area contributed by atoms with Gasteiger partial charge in [-0.25, -0.2) is 4.99 Å². The van der Waals surface area contributed by atoms with Gasteiger partial charge >= 0.3 is 12.1 Å². The van der Waals surface area contributed by atoms with E-state index in [1.54, 1.807) is 13.0 Å². The van der Waals surface area contributed by atoms with Crippen LogP contribution >= 0.6 is 11.8 Å². The van der Waals surface area contributed by atoms with Crippen molar-refractivity contribution in [3.8, 4) is 0 Å². The molecule has 3 rings (SSSR count). The number of alkyl halides is 3. The summed E-state index contributed by atoms with van der Waals surface area (Å²) in [5, 5.41) is 6.18. The molecular formula is C24H24F3N3O3S. The quantitative estimate of drug-likeness (QED) is 0.486. The number of hydrogen-bond donors (Lipinski definition) is 2. The largest absolute Gasteiger partial charge is 0.466 e. The van der Waals surface area contributed by atoms with E-state index in [9.17, 15) is 22.8 Å². The second-order valence-corrected chi connectivity index (χ2v) is 8.59. The number of hydrogen-bond acceptors (Lipinski definition) is 6. The van der Waals surface area contributed by atoms with E-state index in [-0.39, 0.29) is 24.5 Å². The number of aliphatic imine (C=N–C) groups is 1. The summed E-state index contributed by atoms with van der Waals surface area (Å²) < 4.78 is 43.8. The first-order chi connectivity index (χ1) is 16.0. The summed E-state index contributed by atoms with van der Waals surface area (Å²) in [6.45, 7) is 5.90. The maximum atomic E-state index is 12.9. The van der Waals surface area contributed by atoms with Crippen LogP contribution in [0.4, 0.5) is 30.2 Å². The van der Waals surface area contributed by atoms with Crippen molar-refractivity contribution in [1.82, 2.24) is 0 Å². The van der Waals surface area contributed by atoms with E-state index < -0.39 is 23.6 Å². The third kappa shape index (κ3) is 6.86. The lowest BCUT2D eigenvalue weighted by molar-refractivity contribution is -0.142. The van der Waals surface area contributed by atoms with Crippen LogP contribution in [0.2, 0.25) is 0 Å². The predicted octanol–water partition coefficient (Wildman–Crippen LogP) is 5.99. The summed E-state index contributed by atoms with van der Waals surface area (Å²) in [6.07, 6.45) is -2.83. The van der Waals surface area contributed by atoms with E-state index in [1.165, 1.54) is 12.1 Å². The van der Waals surface area contributed by atoms with Gasteiger partial charge in [0, 0.05) is 11.4 Å². The molecule has 1 aliphatic rings. The maximum Gasteiger partial charge on any atom is 0.416 e. The summed E-state index contributed by atoms with van der Waals surface area (Å²) in [6, 6.07) is 8.29. The Balaban J connectivity index is 1.77. The first-order valence-corrected chi connectivity index (χ1v) is 11.5. The molecule has 2 aromatic rings. The van der Waals surface area contributed by atoms with Crippen LogP contribution < -0.4 is 10.6 Å². The number of aryl methyl sites for hydroxylation is 2. The van der Waals surface area contributed by atoms with E-state index in [0.29, 0.717) is 16.4 Å². The number of fused-ring (bicyclic) bond motifs is 1. The molecule has 0 spiro atoms. The number of thioether (sulfide) groups is 1. The Morgan fingerprint density at radius 1 is 1.15 bits per heavy atom. The van der Waals surface area contributed by atoms with Crippen molar-refractivity contribution in [2.45, 2.75) is 33.4 Å². The van der Waals surface area contributed by atoms with Gasteiger partial charge in [0.05, 0.1) is 40.8 Å². The van der Waals surface area contributed by atoms with Crippen LogP contribution in [0.5, 0.6) is 0 Å². The van der Waals surface area contributed by atoms with Crippen molar-refractivity contribution >= 4 is 45.7 Å². The number of benzene rings is 2. The van der Waals surface area contributed by atoms with Crippen LogP contribution in [0.25, 0.3) is 0 Å². The Morgan fingerprint density at radius 2 is 1.88 bits per heavy atom. The molecule has 6 nitrogen and oxygen atoms in total. The fourth-order valence-corrected chi connectivity index (χ4v) is 3.89. The Morgan fingerprint density at radius 3 is 2.59 bits per heavy atom. The fraction of sp³-hybridized carbons (Fsp3) is 0.292. The number of rotatable bonds is 6. The lowest BCUT2D eigenvalue weighted by Crippen LogP contribution is -2.16. The molecule has 0 saturated carbocycles. The van der Waals surface area contributed by atoms with Crippen molar-refractivity contribution in [3.63, 3.8) is 0 Å². The van der Waals surface area contributed by atoms with E-state index in [1.807, 2.05) is 26.0 Å². The molecule has 2 N–H and O–H groups in total. The van der Waals surface area contributed by atoms with E-state index in [4.69, 9.17) is 4.74 Å². The molecule has 34 heavy (non-hydrogen) atoms. The highest BCUT2D eigenvalue weighted by molar-refractivity contribution is 8.14. The van der Waals surface area contributed by atoms with E-state index in [0.717, 1.165) is 40.7 Å². The number of anilines is 2. The minimum Gasteiger partial charge on any atom is -0.466 e. The van der Waals surface area contributed by atoms with Gasteiger partial charge in [-0.15, -0.1) is 0 Å². The van der Waals surface area contributed by atoms with Crippen LogP contribution in [-0.4, -0.2) is 29.3 Å². The molecule has 0 aromatic heterocycles. The second-order valence-electron chi connectivity index (χ2n) is 7.60. The van der Waals surface area contributed by atoms with Gasteiger partial charge < -0.3 is 15.4 Å². The minimum absolute atomic E-state index is 0.00375. The van der Waals surface area contributed by atoms with Gasteiger partial charge in [-0.05, 0) is 68.3 Å². The molecular weight excluding hydrogens is 467 g/mol. The van der Waals surface area contributed by atoms with Crippen LogP contribution in [0.15, 0.2) is 53.2 Å². The lowest BCUT2D eigenvalue weighted by atomic mass is 10.1. The highest BCUT2D eigenvalue weighted by atomic mass is 32.2. The van der Waals surface area contributed by atoms with Gasteiger partial charge in [0.15, 0.2) is 0 Å². The van der Waals surface area contributed by atoms with E-state index in [2.05, 4.69) is 15.6 Å². The normalized spacial score (nSPS) is 13.1. The monoisotopic (exact) mass is 491 g/mol. The lowest BCUT2D eigenvalue weighted by Gasteiger charge is -2.12. The third-order valence-corrected chi connectivity index (χ3v) is 5.81. The predicted molar refractivity (Wildman–Crippen MR) is 128 cm³/mol. The zero-order valence-electron chi connectivity index (χ0n) is 18.9. The topological polar surface area (TPSA) is 79.8 Å². The molecule has 0 aliphatic carbocycles. The average Bonchev–Trinajstić information content (AvgIpc) is 2.91. The van der Waals surface area contributed by atoms with Gasteiger partial charge in [-0.2, -0.15) is 13.2 Å². The van der Waals surface area contributed by atoms with Gasteiger partial charge in [-0.1, -0.05) is 17.8 Å². The molecule has 1 amide bonds. The number of amides is 1. The highest BCUT2D eigenvalue weighted by Gasteiger charge is 2.30. The van der Waals surface area contributed by atoms with Crippen molar-refractivity contribution in [3.05, 3.63) is 64.9 Å². The molecule has 1 heterocycles. The van der Waals surface area contributed by atoms with E-state index >= 15 is 0 Å². The molecule has 0 unspecified atom stereocenters. The number of halogens is 3. The number of nitrogens with one attached hydrogen (secondary N) is 2. The Hall–Kier alpha value is -3.27.